The van der Waals surface area contributed by atoms with Crippen LogP contribution in [0.15, 0.2) is 83.8 Å². The van der Waals surface area contributed by atoms with Gasteiger partial charge in [0.05, 0.1) is 16.3 Å². The molecule has 4 nitrogen and oxygen atoms in total. The van der Waals surface area contributed by atoms with Gasteiger partial charge < -0.3 is 0 Å². The van der Waals surface area contributed by atoms with Crippen molar-refractivity contribution in [2.45, 2.75) is 11.8 Å². The Balaban J connectivity index is 2.16. The van der Waals surface area contributed by atoms with Crippen LogP contribution in [0.2, 0.25) is 0 Å². The van der Waals surface area contributed by atoms with Crippen LogP contribution >= 0.6 is 0 Å². The number of carbonyl (C=O) groups excluding carboxylic acids is 1. The molecule has 0 heterocycles. The molecule has 0 unspecified atom stereocenters. The van der Waals surface area contributed by atoms with Crippen molar-refractivity contribution in [1.29, 1.82) is 0 Å². The van der Waals surface area contributed by atoms with E-state index in [9.17, 15) is 13.2 Å². The smallest absolute Gasteiger partial charge is 0.268 e. The summed E-state index contributed by atoms with van der Waals surface area (Å²) in [6, 6.07) is 22.1. The van der Waals surface area contributed by atoms with Gasteiger partial charge in [-0.2, -0.15) is 0 Å². The minimum Gasteiger partial charge on any atom is -0.298 e. The van der Waals surface area contributed by atoms with Crippen LogP contribution in [0, 0.1) is 6.92 Å². The van der Waals surface area contributed by atoms with E-state index in [0.29, 0.717) is 16.9 Å². The SMILES string of the molecule is Cc1ccc(S(=O)(=O)N(c2ccccc2)c2ccc(C=O)cc2)cc1. The monoisotopic (exact) mass is 351 g/mol. The molecule has 3 aromatic carbocycles. The third-order valence-corrected chi connectivity index (χ3v) is 5.58. The van der Waals surface area contributed by atoms with Crippen molar-refractivity contribution in [3.8, 4) is 0 Å². The number of rotatable bonds is 5. The zero-order valence-electron chi connectivity index (χ0n) is 13.7. The molecule has 0 spiro atoms. The minimum absolute atomic E-state index is 0.210. The Bertz CT molecular complexity index is 964. The number of anilines is 2. The third kappa shape index (κ3) is 3.46. The molecule has 0 bridgehead atoms. The zero-order valence-corrected chi connectivity index (χ0v) is 14.5. The van der Waals surface area contributed by atoms with E-state index in [1.807, 2.05) is 13.0 Å². The predicted molar refractivity (Wildman–Crippen MR) is 98.8 cm³/mol. The predicted octanol–water partition coefficient (Wildman–Crippen LogP) is 4.33. The molecular weight excluding hydrogens is 334 g/mol. The van der Waals surface area contributed by atoms with Crippen molar-refractivity contribution >= 4 is 27.7 Å². The number of hydrogen-bond acceptors (Lipinski definition) is 3. The van der Waals surface area contributed by atoms with E-state index in [4.69, 9.17) is 0 Å². The van der Waals surface area contributed by atoms with Gasteiger partial charge in [0.15, 0.2) is 0 Å². The van der Waals surface area contributed by atoms with Gasteiger partial charge in [-0.1, -0.05) is 35.9 Å². The largest absolute Gasteiger partial charge is 0.298 e. The number of nitrogens with zero attached hydrogens (tertiary/aromatic N) is 1. The summed E-state index contributed by atoms with van der Waals surface area (Å²) in [5.74, 6) is 0. The number of sulfonamides is 1. The fourth-order valence-corrected chi connectivity index (χ4v) is 3.98. The van der Waals surface area contributed by atoms with E-state index in [1.54, 1.807) is 72.8 Å². The molecule has 0 amide bonds. The van der Waals surface area contributed by atoms with Crippen LogP contribution in [0.5, 0.6) is 0 Å². The number of hydrogen-bond donors (Lipinski definition) is 0. The molecule has 0 aromatic heterocycles. The first-order chi connectivity index (χ1) is 12.0. The summed E-state index contributed by atoms with van der Waals surface area (Å²) in [7, 11) is -3.80. The molecule has 126 valence electrons. The van der Waals surface area contributed by atoms with E-state index in [-0.39, 0.29) is 4.90 Å². The second kappa shape index (κ2) is 6.91. The van der Waals surface area contributed by atoms with E-state index in [0.717, 1.165) is 11.8 Å². The second-order valence-electron chi connectivity index (χ2n) is 5.63. The summed E-state index contributed by atoms with van der Waals surface area (Å²) in [4.78, 5) is 11.1. The lowest BCUT2D eigenvalue weighted by molar-refractivity contribution is 0.112. The van der Waals surface area contributed by atoms with Gasteiger partial charge in [-0.15, -0.1) is 0 Å². The minimum atomic E-state index is -3.80. The van der Waals surface area contributed by atoms with Crippen LogP contribution in [0.25, 0.3) is 0 Å². The number of carbonyl (C=O) groups is 1. The summed E-state index contributed by atoms with van der Waals surface area (Å²) in [6.45, 7) is 1.91. The van der Waals surface area contributed by atoms with E-state index < -0.39 is 10.0 Å². The fraction of sp³-hybridized carbons (Fsp3) is 0.0500. The maximum absolute atomic E-state index is 13.3. The normalized spacial score (nSPS) is 11.1. The highest BCUT2D eigenvalue weighted by atomic mass is 32.2. The number of aldehydes is 1. The van der Waals surface area contributed by atoms with Crippen molar-refractivity contribution in [3.05, 3.63) is 90.0 Å². The van der Waals surface area contributed by atoms with Gasteiger partial charge in [-0.3, -0.25) is 4.79 Å². The lowest BCUT2D eigenvalue weighted by atomic mass is 10.2. The van der Waals surface area contributed by atoms with Crippen LogP contribution in [-0.2, 0) is 10.0 Å². The second-order valence-corrected chi connectivity index (χ2v) is 7.41. The first-order valence-corrected chi connectivity index (χ1v) is 9.19. The average Bonchev–Trinajstić information content (AvgIpc) is 2.63. The Morgan fingerprint density at radius 1 is 0.760 bits per heavy atom. The van der Waals surface area contributed by atoms with Gasteiger partial charge in [0, 0.05) is 5.56 Å². The van der Waals surface area contributed by atoms with Crippen molar-refractivity contribution in [3.63, 3.8) is 0 Å². The topological polar surface area (TPSA) is 54.5 Å². The highest BCUT2D eigenvalue weighted by Gasteiger charge is 2.26. The molecular formula is C20H17NO3S. The van der Waals surface area contributed by atoms with E-state index >= 15 is 0 Å². The molecule has 25 heavy (non-hydrogen) atoms. The van der Waals surface area contributed by atoms with Gasteiger partial charge in [-0.25, -0.2) is 12.7 Å². The fourth-order valence-electron chi connectivity index (χ4n) is 2.49. The Labute approximate surface area is 147 Å². The van der Waals surface area contributed by atoms with Gasteiger partial charge in [0.1, 0.15) is 6.29 Å². The van der Waals surface area contributed by atoms with Crippen LogP contribution in [0.1, 0.15) is 15.9 Å². The average molecular weight is 351 g/mol. The van der Waals surface area contributed by atoms with Crippen molar-refractivity contribution in [2.75, 3.05) is 4.31 Å². The molecule has 0 fully saturated rings. The van der Waals surface area contributed by atoms with Gasteiger partial charge in [-0.05, 0) is 55.5 Å². The Morgan fingerprint density at radius 2 is 1.32 bits per heavy atom. The highest BCUT2D eigenvalue weighted by Crippen LogP contribution is 2.32. The van der Waals surface area contributed by atoms with Crippen LogP contribution in [-0.4, -0.2) is 14.7 Å². The van der Waals surface area contributed by atoms with Crippen molar-refractivity contribution in [1.82, 2.24) is 0 Å². The summed E-state index contributed by atoms with van der Waals surface area (Å²) in [5.41, 5.74) is 2.48. The first-order valence-electron chi connectivity index (χ1n) is 7.75. The summed E-state index contributed by atoms with van der Waals surface area (Å²) < 4.78 is 27.8. The maximum Gasteiger partial charge on any atom is 0.268 e. The third-order valence-electron chi connectivity index (χ3n) is 3.81. The van der Waals surface area contributed by atoms with E-state index in [2.05, 4.69) is 0 Å². The van der Waals surface area contributed by atoms with Crippen LogP contribution < -0.4 is 4.31 Å². The first kappa shape index (κ1) is 16.9. The Hall–Kier alpha value is -2.92. The molecule has 0 atom stereocenters. The van der Waals surface area contributed by atoms with Crippen molar-refractivity contribution in [2.24, 2.45) is 0 Å². The Kier molecular flexibility index (Phi) is 4.67. The summed E-state index contributed by atoms with van der Waals surface area (Å²) in [5, 5.41) is 0. The molecule has 0 aliphatic carbocycles. The number of aryl methyl sites for hydroxylation is 1. The molecule has 0 N–H and O–H groups in total. The summed E-state index contributed by atoms with van der Waals surface area (Å²) in [6.07, 6.45) is 0.727. The van der Waals surface area contributed by atoms with Gasteiger partial charge in [0.25, 0.3) is 10.0 Å². The number of benzene rings is 3. The molecule has 0 saturated carbocycles. The van der Waals surface area contributed by atoms with Crippen LogP contribution in [0.3, 0.4) is 0 Å². The standard InChI is InChI=1S/C20H17NO3S/c1-16-7-13-20(14-8-16)25(23,24)21(18-5-3-2-4-6-18)19-11-9-17(15-22)10-12-19/h2-15H,1H3. The molecule has 0 aliphatic heterocycles. The highest BCUT2D eigenvalue weighted by molar-refractivity contribution is 7.93. The van der Waals surface area contributed by atoms with Crippen molar-refractivity contribution < 1.29 is 13.2 Å². The van der Waals surface area contributed by atoms with Crippen LogP contribution in [0.4, 0.5) is 11.4 Å². The Morgan fingerprint density at radius 3 is 1.88 bits per heavy atom. The quantitative estimate of drug-likeness (QED) is 0.643. The molecule has 0 radical (unpaired) electrons. The lowest BCUT2D eigenvalue weighted by Crippen LogP contribution is -2.26. The molecule has 3 rings (SSSR count). The lowest BCUT2D eigenvalue weighted by Gasteiger charge is -2.24. The molecule has 3 aromatic rings. The van der Waals surface area contributed by atoms with Gasteiger partial charge >= 0.3 is 0 Å². The van der Waals surface area contributed by atoms with E-state index in [1.165, 1.54) is 4.31 Å². The molecule has 0 saturated heterocycles. The van der Waals surface area contributed by atoms with Gasteiger partial charge in [0.2, 0.25) is 0 Å². The molecule has 5 heteroatoms. The maximum atomic E-state index is 13.3. The number of para-hydroxylation sites is 1. The molecule has 0 aliphatic rings. The zero-order chi connectivity index (χ0) is 17.9. The summed E-state index contributed by atoms with van der Waals surface area (Å²) >= 11 is 0.